The SMILES string of the molecule is CC(C)C(C(=O)O)[C@H](Cc1ccc(NC(CO)CO)nc1)c1nn[nH]n1. The fraction of sp³-hybridized carbons (Fsp3) is 0.562. The lowest BCUT2D eigenvalue weighted by atomic mass is 9.79. The summed E-state index contributed by atoms with van der Waals surface area (Å²) in [4.78, 5) is 16.0. The molecule has 5 N–H and O–H groups in total. The summed E-state index contributed by atoms with van der Waals surface area (Å²) in [6.45, 7) is 3.27. The van der Waals surface area contributed by atoms with Gasteiger partial charge in [0.2, 0.25) is 0 Å². The van der Waals surface area contributed by atoms with Gasteiger partial charge in [-0.1, -0.05) is 25.1 Å². The Bertz CT molecular complexity index is 673. The molecule has 26 heavy (non-hydrogen) atoms. The van der Waals surface area contributed by atoms with E-state index in [1.165, 1.54) is 0 Å². The molecule has 0 aromatic carbocycles. The van der Waals surface area contributed by atoms with E-state index in [-0.39, 0.29) is 19.1 Å². The van der Waals surface area contributed by atoms with Crippen molar-refractivity contribution in [2.24, 2.45) is 11.8 Å². The van der Waals surface area contributed by atoms with Gasteiger partial charge in [0.15, 0.2) is 5.82 Å². The zero-order valence-electron chi connectivity index (χ0n) is 14.7. The van der Waals surface area contributed by atoms with E-state index < -0.39 is 23.8 Å². The van der Waals surface area contributed by atoms with E-state index in [1.807, 2.05) is 19.9 Å². The number of aliphatic hydroxyl groups excluding tert-OH is 2. The first-order chi connectivity index (χ1) is 12.5. The largest absolute Gasteiger partial charge is 0.481 e. The van der Waals surface area contributed by atoms with Crippen LogP contribution in [0.2, 0.25) is 0 Å². The maximum atomic E-state index is 11.8. The van der Waals surface area contributed by atoms with E-state index in [9.17, 15) is 9.90 Å². The highest BCUT2D eigenvalue weighted by molar-refractivity contribution is 5.71. The summed E-state index contributed by atoms with van der Waals surface area (Å²) < 4.78 is 0. The molecule has 0 aliphatic carbocycles. The van der Waals surface area contributed by atoms with Gasteiger partial charge < -0.3 is 20.6 Å². The quantitative estimate of drug-likeness (QED) is 0.392. The van der Waals surface area contributed by atoms with Crippen LogP contribution < -0.4 is 5.32 Å². The van der Waals surface area contributed by atoms with Crippen LogP contribution in [0, 0.1) is 11.8 Å². The molecule has 0 saturated carbocycles. The highest BCUT2D eigenvalue weighted by Crippen LogP contribution is 2.31. The molecule has 0 spiro atoms. The van der Waals surface area contributed by atoms with Gasteiger partial charge in [-0.3, -0.25) is 4.79 Å². The molecule has 0 amide bonds. The monoisotopic (exact) mass is 364 g/mol. The number of rotatable bonds is 10. The zero-order chi connectivity index (χ0) is 19.1. The highest BCUT2D eigenvalue weighted by atomic mass is 16.4. The number of aromatic nitrogens is 5. The van der Waals surface area contributed by atoms with Crippen molar-refractivity contribution in [1.29, 1.82) is 0 Å². The molecule has 1 unspecified atom stereocenters. The number of aliphatic carboxylic acids is 1. The summed E-state index contributed by atoms with van der Waals surface area (Å²) in [5.74, 6) is -1.27. The lowest BCUT2D eigenvalue weighted by Gasteiger charge is -2.24. The van der Waals surface area contributed by atoms with Crippen LogP contribution in [0.3, 0.4) is 0 Å². The molecule has 10 nitrogen and oxygen atoms in total. The molecule has 2 aromatic rings. The van der Waals surface area contributed by atoms with E-state index in [0.717, 1.165) is 5.56 Å². The smallest absolute Gasteiger partial charge is 0.307 e. The van der Waals surface area contributed by atoms with Gasteiger partial charge in [-0.05, 0) is 24.0 Å². The summed E-state index contributed by atoms with van der Waals surface area (Å²) in [5, 5.41) is 44.6. The Morgan fingerprint density at radius 1 is 1.27 bits per heavy atom. The molecule has 142 valence electrons. The first-order valence-corrected chi connectivity index (χ1v) is 8.35. The van der Waals surface area contributed by atoms with Crippen molar-refractivity contribution in [1.82, 2.24) is 25.6 Å². The van der Waals surface area contributed by atoms with Gasteiger partial charge in [-0.2, -0.15) is 5.21 Å². The maximum Gasteiger partial charge on any atom is 0.307 e. The molecule has 2 atom stereocenters. The Balaban J connectivity index is 2.19. The van der Waals surface area contributed by atoms with Crippen molar-refractivity contribution in [2.45, 2.75) is 32.2 Å². The van der Waals surface area contributed by atoms with E-state index in [2.05, 4.69) is 30.9 Å². The van der Waals surface area contributed by atoms with E-state index in [4.69, 9.17) is 10.2 Å². The molecule has 2 heterocycles. The summed E-state index contributed by atoms with van der Waals surface area (Å²) in [5.41, 5.74) is 0.821. The number of nitrogens with zero attached hydrogens (tertiary/aromatic N) is 4. The zero-order valence-corrected chi connectivity index (χ0v) is 14.7. The van der Waals surface area contributed by atoms with Crippen molar-refractivity contribution in [3.05, 3.63) is 29.7 Å². The fourth-order valence-corrected chi connectivity index (χ4v) is 2.87. The van der Waals surface area contributed by atoms with Gasteiger partial charge in [0.25, 0.3) is 0 Å². The number of hydrogen-bond acceptors (Lipinski definition) is 8. The van der Waals surface area contributed by atoms with E-state index >= 15 is 0 Å². The highest BCUT2D eigenvalue weighted by Gasteiger charge is 2.35. The van der Waals surface area contributed by atoms with Crippen molar-refractivity contribution in [3.8, 4) is 0 Å². The van der Waals surface area contributed by atoms with Crippen LogP contribution in [0.1, 0.15) is 31.2 Å². The third kappa shape index (κ3) is 4.96. The summed E-state index contributed by atoms with van der Waals surface area (Å²) in [6.07, 6.45) is 2.02. The second-order valence-corrected chi connectivity index (χ2v) is 6.45. The van der Waals surface area contributed by atoms with Gasteiger partial charge >= 0.3 is 5.97 Å². The minimum absolute atomic E-state index is 0.111. The molecule has 0 aliphatic heterocycles. The standard InChI is InChI=1S/C16H24N6O4/c1-9(2)14(16(25)26)12(15-19-21-22-20-15)5-10-3-4-13(17-6-10)18-11(7-23)8-24/h3-4,6,9,11-12,14,23-24H,5,7-8H2,1-2H3,(H,17,18)(H,25,26)(H,19,20,21,22)/t12-,14?/m0/s1. The Kier molecular flexibility index (Phi) is 6.98. The van der Waals surface area contributed by atoms with Crippen LogP contribution in [0.5, 0.6) is 0 Å². The number of aliphatic hydroxyl groups is 2. The topological polar surface area (TPSA) is 157 Å². The Hall–Kier alpha value is -2.59. The molecule has 0 fully saturated rings. The summed E-state index contributed by atoms with van der Waals surface area (Å²) in [7, 11) is 0. The van der Waals surface area contributed by atoms with E-state index in [1.54, 1.807) is 12.3 Å². The summed E-state index contributed by atoms with van der Waals surface area (Å²) >= 11 is 0. The van der Waals surface area contributed by atoms with Gasteiger partial charge in [-0.15, -0.1) is 10.2 Å². The number of hydrogen-bond donors (Lipinski definition) is 5. The molecule has 0 radical (unpaired) electrons. The number of aromatic amines is 1. The predicted octanol–water partition coefficient (Wildman–Crippen LogP) is 0.0429. The van der Waals surface area contributed by atoms with Crippen LogP contribution in [-0.2, 0) is 11.2 Å². The second kappa shape index (κ2) is 9.20. The first kappa shape index (κ1) is 19.7. The summed E-state index contributed by atoms with van der Waals surface area (Å²) in [6, 6.07) is 3.04. The second-order valence-electron chi connectivity index (χ2n) is 6.45. The molecule has 0 aliphatic rings. The average molecular weight is 364 g/mol. The van der Waals surface area contributed by atoms with E-state index in [0.29, 0.717) is 18.1 Å². The van der Waals surface area contributed by atoms with Gasteiger partial charge in [0.1, 0.15) is 5.82 Å². The van der Waals surface area contributed by atoms with Crippen molar-refractivity contribution < 1.29 is 20.1 Å². The average Bonchev–Trinajstić information content (AvgIpc) is 3.14. The van der Waals surface area contributed by atoms with Crippen LogP contribution in [0.25, 0.3) is 0 Å². The van der Waals surface area contributed by atoms with Crippen LogP contribution in [0.4, 0.5) is 5.82 Å². The fourth-order valence-electron chi connectivity index (χ4n) is 2.87. The number of carboxylic acid groups (broad SMARTS) is 1. The van der Waals surface area contributed by atoms with Crippen LogP contribution >= 0.6 is 0 Å². The number of carboxylic acids is 1. The number of H-pyrrole nitrogens is 1. The molecule has 0 bridgehead atoms. The normalized spacial score (nSPS) is 13.8. The van der Waals surface area contributed by atoms with Crippen molar-refractivity contribution >= 4 is 11.8 Å². The number of anilines is 1. The molecule has 0 saturated heterocycles. The first-order valence-electron chi connectivity index (χ1n) is 8.35. The number of pyridine rings is 1. The molecular weight excluding hydrogens is 340 g/mol. The molecule has 2 aromatic heterocycles. The molecular formula is C16H24N6O4. The third-order valence-electron chi connectivity index (χ3n) is 4.20. The lowest BCUT2D eigenvalue weighted by Crippen LogP contribution is -2.29. The van der Waals surface area contributed by atoms with Gasteiger partial charge in [-0.25, -0.2) is 4.98 Å². The molecule has 2 rings (SSSR count). The third-order valence-corrected chi connectivity index (χ3v) is 4.20. The van der Waals surface area contributed by atoms with Gasteiger partial charge in [0.05, 0.1) is 25.2 Å². The number of carbonyl (C=O) groups is 1. The Morgan fingerprint density at radius 2 is 2.00 bits per heavy atom. The lowest BCUT2D eigenvalue weighted by molar-refractivity contribution is -0.144. The van der Waals surface area contributed by atoms with Crippen LogP contribution in [0.15, 0.2) is 18.3 Å². The number of tetrazole rings is 1. The maximum absolute atomic E-state index is 11.8. The Morgan fingerprint density at radius 3 is 2.46 bits per heavy atom. The van der Waals surface area contributed by atoms with Crippen molar-refractivity contribution in [3.63, 3.8) is 0 Å². The predicted molar refractivity (Wildman–Crippen MR) is 92.4 cm³/mol. The molecule has 10 heteroatoms. The van der Waals surface area contributed by atoms with Crippen LogP contribution in [-0.4, -0.2) is 66.2 Å². The van der Waals surface area contributed by atoms with Gasteiger partial charge in [0, 0.05) is 12.1 Å². The minimum atomic E-state index is -0.908. The van der Waals surface area contributed by atoms with Crippen molar-refractivity contribution in [2.75, 3.05) is 18.5 Å². The number of nitrogens with one attached hydrogen (secondary N) is 2. The Labute approximate surface area is 150 Å². The minimum Gasteiger partial charge on any atom is -0.481 e.